The Labute approximate surface area is 185 Å². The summed E-state index contributed by atoms with van der Waals surface area (Å²) < 4.78 is 6.89. The average molecular weight is 440 g/mol. The molecular weight excluding hydrogens is 414 g/mol. The van der Waals surface area contributed by atoms with Gasteiger partial charge in [0.05, 0.1) is 25.3 Å². The SMILES string of the molecule is COc1cccc(NC(=O)Cc2nnc(SCC(=O)N[C@H](C)c3ccccc3)n2C)c1. The highest BCUT2D eigenvalue weighted by Gasteiger charge is 2.16. The number of amides is 2. The van der Waals surface area contributed by atoms with Gasteiger partial charge in [0.25, 0.3) is 0 Å². The van der Waals surface area contributed by atoms with Gasteiger partial charge in [0.1, 0.15) is 11.6 Å². The van der Waals surface area contributed by atoms with Crippen LogP contribution in [0.15, 0.2) is 59.8 Å². The van der Waals surface area contributed by atoms with Crippen LogP contribution in [0.3, 0.4) is 0 Å². The van der Waals surface area contributed by atoms with Crippen molar-refractivity contribution >= 4 is 29.3 Å². The fourth-order valence-corrected chi connectivity index (χ4v) is 3.65. The van der Waals surface area contributed by atoms with E-state index >= 15 is 0 Å². The highest BCUT2D eigenvalue weighted by molar-refractivity contribution is 7.99. The van der Waals surface area contributed by atoms with Gasteiger partial charge in [-0.2, -0.15) is 0 Å². The molecule has 8 nitrogen and oxygen atoms in total. The summed E-state index contributed by atoms with van der Waals surface area (Å²) in [5, 5.41) is 14.6. The zero-order valence-electron chi connectivity index (χ0n) is 17.7. The lowest BCUT2D eigenvalue weighted by molar-refractivity contribution is -0.119. The molecule has 0 saturated carbocycles. The number of benzene rings is 2. The second-order valence-electron chi connectivity index (χ2n) is 6.90. The van der Waals surface area contributed by atoms with Gasteiger partial charge < -0.3 is 19.9 Å². The lowest BCUT2D eigenvalue weighted by atomic mass is 10.1. The topological polar surface area (TPSA) is 98.1 Å². The van der Waals surface area contributed by atoms with Crippen LogP contribution in [0.1, 0.15) is 24.4 Å². The Morgan fingerprint density at radius 1 is 1.10 bits per heavy atom. The minimum Gasteiger partial charge on any atom is -0.497 e. The third kappa shape index (κ3) is 6.32. The summed E-state index contributed by atoms with van der Waals surface area (Å²) in [5.74, 6) is 1.08. The predicted octanol–water partition coefficient (Wildman–Crippen LogP) is 2.97. The number of ether oxygens (including phenoxy) is 1. The van der Waals surface area contributed by atoms with E-state index in [4.69, 9.17) is 4.74 Å². The van der Waals surface area contributed by atoms with Gasteiger partial charge in [0, 0.05) is 18.8 Å². The molecule has 2 amide bonds. The second kappa shape index (κ2) is 10.6. The largest absolute Gasteiger partial charge is 0.497 e. The predicted molar refractivity (Wildman–Crippen MR) is 120 cm³/mol. The number of carbonyl (C=O) groups is 2. The molecule has 31 heavy (non-hydrogen) atoms. The Hall–Kier alpha value is -3.33. The molecule has 0 fully saturated rings. The average Bonchev–Trinajstić information content (AvgIpc) is 3.12. The van der Waals surface area contributed by atoms with E-state index in [-0.39, 0.29) is 30.0 Å². The molecule has 1 heterocycles. The van der Waals surface area contributed by atoms with E-state index in [0.717, 1.165) is 5.56 Å². The molecular formula is C22H25N5O3S. The van der Waals surface area contributed by atoms with Crippen LogP contribution in [0.5, 0.6) is 5.75 Å². The van der Waals surface area contributed by atoms with E-state index in [1.807, 2.05) is 37.3 Å². The number of anilines is 1. The summed E-state index contributed by atoms with van der Waals surface area (Å²) in [4.78, 5) is 24.6. The molecule has 0 radical (unpaired) electrons. The van der Waals surface area contributed by atoms with E-state index in [0.29, 0.717) is 22.4 Å². The molecule has 2 aromatic carbocycles. The highest BCUT2D eigenvalue weighted by Crippen LogP contribution is 2.19. The van der Waals surface area contributed by atoms with E-state index in [9.17, 15) is 9.59 Å². The van der Waals surface area contributed by atoms with Crippen LogP contribution in [-0.4, -0.2) is 39.4 Å². The summed E-state index contributed by atoms with van der Waals surface area (Å²) in [6, 6.07) is 16.8. The van der Waals surface area contributed by atoms with E-state index in [1.54, 1.807) is 43.0 Å². The van der Waals surface area contributed by atoms with Gasteiger partial charge in [-0.1, -0.05) is 48.2 Å². The molecule has 0 bridgehead atoms. The Morgan fingerprint density at radius 3 is 2.61 bits per heavy atom. The molecule has 1 atom stereocenters. The van der Waals surface area contributed by atoms with Crippen molar-refractivity contribution in [2.24, 2.45) is 7.05 Å². The molecule has 0 spiro atoms. The number of rotatable bonds is 9. The molecule has 9 heteroatoms. The summed E-state index contributed by atoms with van der Waals surface area (Å²) in [6.07, 6.45) is 0.0680. The van der Waals surface area contributed by atoms with Crippen molar-refractivity contribution in [3.05, 3.63) is 66.0 Å². The van der Waals surface area contributed by atoms with Gasteiger partial charge >= 0.3 is 0 Å². The van der Waals surface area contributed by atoms with Gasteiger partial charge in [-0.15, -0.1) is 10.2 Å². The number of nitrogens with one attached hydrogen (secondary N) is 2. The third-order valence-electron chi connectivity index (χ3n) is 4.61. The first-order valence-electron chi connectivity index (χ1n) is 9.75. The maximum absolute atomic E-state index is 12.4. The minimum atomic E-state index is -0.213. The summed E-state index contributed by atoms with van der Waals surface area (Å²) in [7, 11) is 3.35. The van der Waals surface area contributed by atoms with E-state index < -0.39 is 0 Å². The zero-order valence-corrected chi connectivity index (χ0v) is 18.5. The Bertz CT molecular complexity index is 1040. The Kier molecular flexibility index (Phi) is 7.66. The van der Waals surface area contributed by atoms with Crippen molar-refractivity contribution in [3.8, 4) is 5.75 Å². The number of methoxy groups -OCH3 is 1. The van der Waals surface area contributed by atoms with Crippen LogP contribution < -0.4 is 15.4 Å². The number of nitrogens with zero attached hydrogens (tertiary/aromatic N) is 3. The van der Waals surface area contributed by atoms with Crippen molar-refractivity contribution in [2.45, 2.75) is 24.5 Å². The molecule has 3 aromatic rings. The molecule has 1 aromatic heterocycles. The van der Waals surface area contributed by atoms with Crippen LogP contribution in [0.2, 0.25) is 0 Å². The molecule has 2 N–H and O–H groups in total. The zero-order chi connectivity index (χ0) is 22.2. The normalized spacial score (nSPS) is 11.6. The fraction of sp³-hybridized carbons (Fsp3) is 0.273. The van der Waals surface area contributed by atoms with Crippen molar-refractivity contribution in [1.82, 2.24) is 20.1 Å². The maximum atomic E-state index is 12.4. The van der Waals surface area contributed by atoms with Crippen molar-refractivity contribution in [3.63, 3.8) is 0 Å². The first-order valence-corrected chi connectivity index (χ1v) is 10.7. The lowest BCUT2D eigenvalue weighted by Crippen LogP contribution is -2.28. The second-order valence-corrected chi connectivity index (χ2v) is 7.85. The fourth-order valence-electron chi connectivity index (χ4n) is 2.91. The van der Waals surface area contributed by atoms with Crippen LogP contribution in [0, 0.1) is 0 Å². The molecule has 0 unspecified atom stereocenters. The molecule has 3 rings (SSSR count). The Balaban J connectivity index is 1.51. The van der Waals surface area contributed by atoms with Crippen LogP contribution in [0.4, 0.5) is 5.69 Å². The quantitative estimate of drug-likeness (QED) is 0.498. The van der Waals surface area contributed by atoms with Crippen molar-refractivity contribution in [1.29, 1.82) is 0 Å². The van der Waals surface area contributed by atoms with Gasteiger partial charge in [-0.25, -0.2) is 0 Å². The Morgan fingerprint density at radius 2 is 1.87 bits per heavy atom. The number of hydrogen-bond acceptors (Lipinski definition) is 6. The lowest BCUT2D eigenvalue weighted by Gasteiger charge is -2.14. The standard InChI is InChI=1S/C22H25N5O3S/c1-15(16-8-5-4-6-9-16)23-21(29)14-31-22-26-25-19(27(22)2)13-20(28)24-17-10-7-11-18(12-17)30-3/h4-12,15H,13-14H2,1-3H3,(H,23,29)(H,24,28)/t15-/m1/s1. The van der Waals surface area contributed by atoms with Gasteiger partial charge in [-0.3, -0.25) is 9.59 Å². The van der Waals surface area contributed by atoms with E-state index in [1.165, 1.54) is 11.8 Å². The van der Waals surface area contributed by atoms with Crippen molar-refractivity contribution in [2.75, 3.05) is 18.2 Å². The number of hydrogen-bond donors (Lipinski definition) is 2. The van der Waals surface area contributed by atoms with Crippen LogP contribution in [-0.2, 0) is 23.1 Å². The maximum Gasteiger partial charge on any atom is 0.232 e. The molecule has 162 valence electrons. The first kappa shape index (κ1) is 22.4. The number of thioether (sulfide) groups is 1. The number of carbonyl (C=O) groups excluding carboxylic acids is 2. The van der Waals surface area contributed by atoms with Gasteiger partial charge in [0.15, 0.2) is 5.16 Å². The first-order chi connectivity index (χ1) is 15.0. The third-order valence-corrected chi connectivity index (χ3v) is 5.63. The van der Waals surface area contributed by atoms with Crippen LogP contribution in [0.25, 0.3) is 0 Å². The molecule has 0 aliphatic carbocycles. The monoisotopic (exact) mass is 439 g/mol. The highest BCUT2D eigenvalue weighted by atomic mass is 32.2. The summed E-state index contributed by atoms with van der Waals surface area (Å²) >= 11 is 1.28. The smallest absolute Gasteiger partial charge is 0.232 e. The van der Waals surface area contributed by atoms with E-state index in [2.05, 4.69) is 20.8 Å². The van der Waals surface area contributed by atoms with Crippen molar-refractivity contribution < 1.29 is 14.3 Å². The van der Waals surface area contributed by atoms with Gasteiger partial charge in [0.2, 0.25) is 11.8 Å². The molecule has 0 aliphatic rings. The minimum absolute atomic E-state index is 0.0680. The summed E-state index contributed by atoms with van der Waals surface area (Å²) in [5.41, 5.74) is 1.69. The number of aromatic nitrogens is 3. The summed E-state index contributed by atoms with van der Waals surface area (Å²) in [6.45, 7) is 1.94. The molecule has 0 saturated heterocycles. The van der Waals surface area contributed by atoms with Gasteiger partial charge in [-0.05, 0) is 24.6 Å². The van der Waals surface area contributed by atoms with Crippen LogP contribution >= 0.6 is 11.8 Å². The molecule has 0 aliphatic heterocycles.